The van der Waals surface area contributed by atoms with Gasteiger partial charge in [0.2, 0.25) is 0 Å². The second-order valence-electron chi connectivity index (χ2n) is 2.95. The SMILES string of the molecule is C=CC[NH2+]C[C@@H](O)CSc1cccs1. The fourth-order valence-electron chi connectivity index (χ4n) is 0.998. The molecule has 1 rings (SSSR count). The van der Waals surface area contributed by atoms with Gasteiger partial charge in [-0.15, -0.1) is 23.1 Å². The molecule has 0 aromatic carbocycles. The third-order valence-corrected chi connectivity index (χ3v) is 3.96. The van der Waals surface area contributed by atoms with Gasteiger partial charge in [-0.25, -0.2) is 0 Å². The lowest BCUT2D eigenvalue weighted by molar-refractivity contribution is -0.651. The molecule has 0 aliphatic heterocycles. The Morgan fingerprint density at radius 1 is 1.71 bits per heavy atom. The van der Waals surface area contributed by atoms with Crippen molar-refractivity contribution >= 4 is 23.1 Å². The van der Waals surface area contributed by atoms with Gasteiger partial charge in [-0.1, -0.05) is 12.6 Å². The number of rotatable bonds is 7. The van der Waals surface area contributed by atoms with Gasteiger partial charge in [0.25, 0.3) is 0 Å². The van der Waals surface area contributed by atoms with Crippen molar-refractivity contribution in [3.8, 4) is 0 Å². The van der Waals surface area contributed by atoms with E-state index in [0.29, 0.717) is 0 Å². The number of hydrogen-bond acceptors (Lipinski definition) is 3. The van der Waals surface area contributed by atoms with E-state index in [9.17, 15) is 5.11 Å². The van der Waals surface area contributed by atoms with E-state index in [-0.39, 0.29) is 6.10 Å². The van der Waals surface area contributed by atoms with E-state index in [1.165, 1.54) is 4.21 Å². The molecule has 0 saturated carbocycles. The predicted octanol–water partition coefficient (Wildman–Crippen LogP) is 0.951. The summed E-state index contributed by atoms with van der Waals surface area (Å²) < 4.78 is 1.27. The van der Waals surface area contributed by atoms with E-state index in [1.807, 2.05) is 12.1 Å². The summed E-state index contributed by atoms with van der Waals surface area (Å²) in [6, 6.07) is 4.11. The van der Waals surface area contributed by atoms with Crippen LogP contribution in [0.1, 0.15) is 0 Å². The number of quaternary nitrogens is 1. The van der Waals surface area contributed by atoms with Crippen LogP contribution in [0.15, 0.2) is 34.4 Å². The number of aliphatic hydroxyl groups is 1. The molecule has 4 heteroatoms. The van der Waals surface area contributed by atoms with E-state index in [1.54, 1.807) is 23.1 Å². The molecule has 0 aliphatic carbocycles. The summed E-state index contributed by atoms with van der Waals surface area (Å²) in [5, 5.41) is 13.7. The molecule has 0 unspecified atom stereocenters. The van der Waals surface area contributed by atoms with Crippen LogP contribution in [0.5, 0.6) is 0 Å². The van der Waals surface area contributed by atoms with E-state index in [4.69, 9.17) is 0 Å². The highest BCUT2D eigenvalue weighted by molar-refractivity contribution is 8.01. The van der Waals surface area contributed by atoms with Crippen LogP contribution in [0.25, 0.3) is 0 Å². The topological polar surface area (TPSA) is 36.8 Å². The third kappa shape index (κ3) is 4.81. The molecule has 0 fully saturated rings. The largest absolute Gasteiger partial charge is 0.386 e. The van der Waals surface area contributed by atoms with Crippen LogP contribution >= 0.6 is 23.1 Å². The second kappa shape index (κ2) is 7.06. The minimum absolute atomic E-state index is 0.234. The molecule has 1 heterocycles. The van der Waals surface area contributed by atoms with Crippen LogP contribution < -0.4 is 5.32 Å². The maximum Gasteiger partial charge on any atom is 0.112 e. The van der Waals surface area contributed by atoms with Gasteiger partial charge in [-0.3, -0.25) is 0 Å². The van der Waals surface area contributed by atoms with Crippen LogP contribution in [0.4, 0.5) is 0 Å². The average Bonchev–Trinajstić information content (AvgIpc) is 2.68. The zero-order chi connectivity index (χ0) is 10.2. The molecule has 1 atom stereocenters. The molecule has 0 radical (unpaired) electrons. The number of hydrogen-bond donors (Lipinski definition) is 2. The highest BCUT2D eigenvalue weighted by atomic mass is 32.2. The Bertz CT molecular complexity index is 249. The molecule has 78 valence electrons. The van der Waals surface area contributed by atoms with Crippen molar-refractivity contribution in [2.75, 3.05) is 18.8 Å². The standard InChI is InChI=1S/C10H15NOS2/c1-2-5-11-7-9(12)8-14-10-4-3-6-13-10/h2-4,6,9,11-12H,1,5,7-8H2/p+1/t9-/m1/s1. The molecule has 0 spiro atoms. The molecule has 14 heavy (non-hydrogen) atoms. The van der Waals surface area contributed by atoms with E-state index in [2.05, 4.69) is 23.3 Å². The third-order valence-electron chi connectivity index (χ3n) is 1.69. The summed E-state index contributed by atoms with van der Waals surface area (Å²) in [6.45, 7) is 5.26. The summed E-state index contributed by atoms with van der Waals surface area (Å²) >= 11 is 3.43. The molecule has 0 amide bonds. The maximum atomic E-state index is 9.59. The molecule has 0 bridgehead atoms. The van der Waals surface area contributed by atoms with Crippen LogP contribution in [0.2, 0.25) is 0 Å². The number of aliphatic hydroxyl groups excluding tert-OH is 1. The molecule has 2 nitrogen and oxygen atoms in total. The Hall–Kier alpha value is -0.290. The first-order chi connectivity index (χ1) is 6.83. The van der Waals surface area contributed by atoms with Gasteiger partial charge >= 0.3 is 0 Å². The number of nitrogens with two attached hydrogens (primary N) is 1. The van der Waals surface area contributed by atoms with E-state index < -0.39 is 0 Å². The molecular formula is C10H16NOS2+. The second-order valence-corrected chi connectivity index (χ2v) is 5.21. The molecule has 0 aliphatic rings. The van der Waals surface area contributed by atoms with E-state index >= 15 is 0 Å². The minimum atomic E-state index is -0.234. The lowest BCUT2D eigenvalue weighted by Gasteiger charge is -2.06. The average molecular weight is 230 g/mol. The monoisotopic (exact) mass is 230 g/mol. The summed E-state index contributed by atoms with van der Waals surface area (Å²) in [4.78, 5) is 0. The Kier molecular flexibility index (Phi) is 5.94. The van der Waals surface area contributed by atoms with Crippen molar-refractivity contribution in [3.05, 3.63) is 30.2 Å². The normalized spacial score (nSPS) is 12.6. The van der Waals surface area contributed by atoms with Crippen LogP contribution in [-0.2, 0) is 0 Å². The van der Waals surface area contributed by atoms with Gasteiger partial charge in [0.1, 0.15) is 12.6 Å². The highest BCUT2D eigenvalue weighted by Crippen LogP contribution is 2.23. The van der Waals surface area contributed by atoms with Gasteiger partial charge < -0.3 is 10.4 Å². The summed E-state index contributed by atoms with van der Waals surface area (Å²) in [6.07, 6.45) is 1.61. The summed E-state index contributed by atoms with van der Waals surface area (Å²) in [5.74, 6) is 0.772. The van der Waals surface area contributed by atoms with Crippen LogP contribution in [0.3, 0.4) is 0 Å². The van der Waals surface area contributed by atoms with Crippen molar-refractivity contribution in [2.45, 2.75) is 10.3 Å². The first-order valence-electron chi connectivity index (χ1n) is 4.60. The predicted molar refractivity (Wildman–Crippen MR) is 62.9 cm³/mol. The molecular weight excluding hydrogens is 214 g/mol. The van der Waals surface area contributed by atoms with Crippen molar-refractivity contribution in [1.82, 2.24) is 0 Å². The fraction of sp³-hybridized carbons (Fsp3) is 0.400. The zero-order valence-corrected chi connectivity index (χ0v) is 9.69. The Balaban J connectivity index is 2.08. The van der Waals surface area contributed by atoms with Crippen molar-refractivity contribution < 1.29 is 10.4 Å². The smallest absolute Gasteiger partial charge is 0.112 e. The maximum absolute atomic E-state index is 9.59. The van der Waals surface area contributed by atoms with Gasteiger partial charge in [0.15, 0.2) is 0 Å². The molecule has 0 saturated heterocycles. The van der Waals surface area contributed by atoms with Gasteiger partial charge in [0, 0.05) is 5.75 Å². The Labute approximate surface area is 93.0 Å². The zero-order valence-electron chi connectivity index (χ0n) is 8.06. The first-order valence-corrected chi connectivity index (χ1v) is 6.46. The van der Waals surface area contributed by atoms with Gasteiger partial charge in [-0.2, -0.15) is 0 Å². The van der Waals surface area contributed by atoms with Crippen molar-refractivity contribution in [3.63, 3.8) is 0 Å². The van der Waals surface area contributed by atoms with Crippen LogP contribution in [-0.4, -0.2) is 30.1 Å². The molecule has 3 N–H and O–H groups in total. The first kappa shape index (κ1) is 11.8. The molecule has 1 aromatic rings. The van der Waals surface area contributed by atoms with Gasteiger partial charge in [-0.05, 0) is 17.5 Å². The number of thiophene rings is 1. The van der Waals surface area contributed by atoms with E-state index in [0.717, 1.165) is 18.8 Å². The quantitative estimate of drug-likeness (QED) is 0.416. The van der Waals surface area contributed by atoms with Crippen LogP contribution in [0, 0.1) is 0 Å². The lowest BCUT2D eigenvalue weighted by atomic mass is 10.4. The van der Waals surface area contributed by atoms with Gasteiger partial charge in [0.05, 0.1) is 10.8 Å². The lowest BCUT2D eigenvalue weighted by Crippen LogP contribution is -2.86. The molecule has 1 aromatic heterocycles. The highest BCUT2D eigenvalue weighted by Gasteiger charge is 2.06. The summed E-state index contributed by atoms with van der Waals surface area (Å²) in [7, 11) is 0. The van der Waals surface area contributed by atoms with Crippen molar-refractivity contribution in [1.29, 1.82) is 0 Å². The Morgan fingerprint density at radius 2 is 2.57 bits per heavy atom. The number of thioether (sulfide) groups is 1. The Morgan fingerprint density at radius 3 is 3.21 bits per heavy atom. The summed E-state index contributed by atoms with van der Waals surface area (Å²) in [5.41, 5.74) is 0. The minimum Gasteiger partial charge on any atom is -0.386 e. The van der Waals surface area contributed by atoms with Crippen molar-refractivity contribution in [2.24, 2.45) is 0 Å². The fourth-order valence-corrected chi connectivity index (χ4v) is 2.76.